The van der Waals surface area contributed by atoms with E-state index in [9.17, 15) is 0 Å². The largest absolute Gasteiger partial charge is 0.375 e. The third-order valence-electron chi connectivity index (χ3n) is 6.32. The van der Waals surface area contributed by atoms with E-state index in [1.807, 2.05) is 0 Å². The molecule has 112 valence electrons. The molecule has 1 aliphatic carbocycles. The van der Waals surface area contributed by atoms with Crippen LogP contribution in [0.4, 0.5) is 0 Å². The number of nitrogens with zero attached hydrogens (tertiary/aromatic N) is 2. The molecule has 0 bridgehead atoms. The summed E-state index contributed by atoms with van der Waals surface area (Å²) in [5.74, 6) is 1.41. The van der Waals surface area contributed by atoms with Crippen molar-refractivity contribution in [2.75, 3.05) is 21.1 Å². The fraction of sp³-hybridized carbons (Fsp3) is 0.750. The zero-order valence-electron chi connectivity index (χ0n) is 13.9. The fourth-order valence-electron chi connectivity index (χ4n) is 4.84. The second-order valence-electron chi connectivity index (χ2n) is 7.47. The van der Waals surface area contributed by atoms with Crippen LogP contribution in [0.25, 0.3) is 0 Å². The lowest BCUT2D eigenvalue weighted by Crippen LogP contribution is -2.56. The molecule has 1 saturated carbocycles. The van der Waals surface area contributed by atoms with E-state index in [1.165, 1.54) is 11.4 Å². The molecule has 0 aromatic rings. The number of fused-ring (bicyclic) bond motifs is 3. The molecule has 0 aromatic carbocycles. The Bertz CT molecular complexity index is 446. The van der Waals surface area contributed by atoms with Gasteiger partial charge in [-0.05, 0) is 20.9 Å². The monoisotopic (exact) mass is 291 g/mol. The minimum absolute atomic E-state index is 0.686. The van der Waals surface area contributed by atoms with Crippen LogP contribution in [0.5, 0.6) is 0 Å². The van der Waals surface area contributed by atoms with Crippen LogP contribution in [0.3, 0.4) is 0 Å². The average Bonchev–Trinajstić information content (AvgIpc) is 2.95. The first-order valence-electron chi connectivity index (χ1n) is 7.81. The van der Waals surface area contributed by atoms with Crippen molar-refractivity contribution in [2.24, 2.45) is 11.8 Å². The van der Waals surface area contributed by atoms with Crippen LogP contribution in [0, 0.1) is 11.8 Å². The lowest BCUT2D eigenvalue weighted by molar-refractivity contribution is 0.268. The molecule has 0 spiro atoms. The van der Waals surface area contributed by atoms with Gasteiger partial charge in [0.25, 0.3) is 0 Å². The van der Waals surface area contributed by atoms with Gasteiger partial charge in [0.1, 0.15) is 8.24 Å². The summed E-state index contributed by atoms with van der Waals surface area (Å²) in [6, 6.07) is 1.37. The Morgan fingerprint density at radius 2 is 1.35 bits per heavy atom. The van der Waals surface area contributed by atoms with Crippen molar-refractivity contribution < 1.29 is 0 Å². The third-order valence-corrected chi connectivity index (χ3v) is 9.96. The second kappa shape index (κ2) is 4.37. The van der Waals surface area contributed by atoms with Crippen molar-refractivity contribution in [1.82, 2.24) is 14.8 Å². The SMILES string of the molecule is CN[Si](C)(C)C1C2C(C=C(C)N2C)C2C=C(C)N(C)C21. The second-order valence-corrected chi connectivity index (χ2v) is 12.1. The summed E-state index contributed by atoms with van der Waals surface area (Å²) in [6.45, 7) is 9.54. The molecule has 2 heterocycles. The van der Waals surface area contributed by atoms with Gasteiger partial charge in [-0.1, -0.05) is 25.2 Å². The topological polar surface area (TPSA) is 18.5 Å². The maximum atomic E-state index is 3.72. The van der Waals surface area contributed by atoms with Gasteiger partial charge in [-0.2, -0.15) is 0 Å². The summed E-state index contributed by atoms with van der Waals surface area (Å²) in [5, 5.41) is 0. The van der Waals surface area contributed by atoms with Gasteiger partial charge in [-0.15, -0.1) is 0 Å². The summed E-state index contributed by atoms with van der Waals surface area (Å²) < 4.78 is 0. The van der Waals surface area contributed by atoms with Crippen molar-refractivity contribution in [3.05, 3.63) is 23.5 Å². The van der Waals surface area contributed by atoms with Crippen LogP contribution >= 0.6 is 0 Å². The molecule has 1 N–H and O–H groups in total. The molecule has 4 heteroatoms. The smallest absolute Gasteiger partial charge is 0.126 e. The predicted molar refractivity (Wildman–Crippen MR) is 87.9 cm³/mol. The van der Waals surface area contributed by atoms with E-state index in [0.717, 1.165) is 5.54 Å². The van der Waals surface area contributed by atoms with E-state index in [-0.39, 0.29) is 0 Å². The summed E-state index contributed by atoms with van der Waals surface area (Å²) >= 11 is 0. The molecule has 3 aliphatic rings. The molecular weight excluding hydrogens is 262 g/mol. The van der Waals surface area contributed by atoms with Crippen LogP contribution in [0.2, 0.25) is 18.6 Å². The van der Waals surface area contributed by atoms with Crippen LogP contribution in [-0.2, 0) is 0 Å². The minimum Gasteiger partial charge on any atom is -0.375 e. The molecular formula is C16H29N3Si. The molecule has 2 aliphatic heterocycles. The Kier molecular flexibility index (Phi) is 3.11. The first-order chi connectivity index (χ1) is 9.29. The molecule has 4 atom stereocenters. The molecule has 1 fully saturated rings. The summed E-state index contributed by atoms with van der Waals surface area (Å²) in [7, 11) is 5.29. The third kappa shape index (κ3) is 1.67. The van der Waals surface area contributed by atoms with Crippen LogP contribution < -0.4 is 4.98 Å². The zero-order valence-corrected chi connectivity index (χ0v) is 14.9. The number of rotatable bonds is 2. The van der Waals surface area contributed by atoms with Gasteiger partial charge < -0.3 is 14.8 Å². The van der Waals surface area contributed by atoms with Gasteiger partial charge in [0.05, 0.1) is 0 Å². The van der Waals surface area contributed by atoms with E-state index in [0.29, 0.717) is 23.9 Å². The van der Waals surface area contributed by atoms with Gasteiger partial charge in [-0.25, -0.2) is 0 Å². The highest BCUT2D eigenvalue weighted by Gasteiger charge is 2.60. The van der Waals surface area contributed by atoms with Crippen molar-refractivity contribution in [3.63, 3.8) is 0 Å². The lowest BCUT2D eigenvalue weighted by Gasteiger charge is -2.43. The Balaban J connectivity index is 2.06. The van der Waals surface area contributed by atoms with Gasteiger partial charge >= 0.3 is 0 Å². The van der Waals surface area contributed by atoms with Crippen molar-refractivity contribution in [3.8, 4) is 0 Å². The van der Waals surface area contributed by atoms with E-state index in [4.69, 9.17) is 0 Å². The highest BCUT2D eigenvalue weighted by molar-refractivity contribution is 6.76. The standard InChI is InChI=1S/C16H29N3Si/c1-10-8-12-13-9-11(2)19(5)15(13)16(14(12)18(10)4)20(6,7)17-3/h8-9,12-17H,1-7H3. The Labute approximate surface area is 124 Å². The Morgan fingerprint density at radius 3 is 1.70 bits per heavy atom. The molecule has 20 heavy (non-hydrogen) atoms. The fourth-order valence-corrected chi connectivity index (χ4v) is 7.77. The van der Waals surface area contributed by atoms with Crippen LogP contribution in [-0.4, -0.2) is 51.3 Å². The molecule has 4 unspecified atom stereocenters. The van der Waals surface area contributed by atoms with Gasteiger partial charge in [-0.3, -0.25) is 0 Å². The molecule has 0 amide bonds. The maximum Gasteiger partial charge on any atom is 0.126 e. The Hall–Kier alpha value is -0.743. The Morgan fingerprint density at radius 1 is 0.950 bits per heavy atom. The van der Waals surface area contributed by atoms with Gasteiger partial charge in [0.2, 0.25) is 0 Å². The zero-order chi connectivity index (χ0) is 14.8. The maximum absolute atomic E-state index is 3.72. The van der Waals surface area contributed by atoms with Crippen molar-refractivity contribution >= 4 is 8.24 Å². The molecule has 0 saturated heterocycles. The normalized spacial score (nSPS) is 39.9. The van der Waals surface area contributed by atoms with E-state index >= 15 is 0 Å². The van der Waals surface area contributed by atoms with E-state index in [1.54, 1.807) is 0 Å². The summed E-state index contributed by atoms with van der Waals surface area (Å²) in [4.78, 5) is 8.82. The molecule has 3 nitrogen and oxygen atoms in total. The predicted octanol–water partition coefficient (Wildman–Crippen LogP) is 2.46. The van der Waals surface area contributed by atoms with Crippen LogP contribution in [0.15, 0.2) is 23.5 Å². The number of hydrogen-bond acceptors (Lipinski definition) is 3. The summed E-state index contributed by atoms with van der Waals surface area (Å²) in [6.07, 6.45) is 5.07. The number of hydrogen-bond donors (Lipinski definition) is 1. The van der Waals surface area contributed by atoms with Crippen molar-refractivity contribution in [2.45, 2.75) is 44.6 Å². The van der Waals surface area contributed by atoms with Crippen molar-refractivity contribution in [1.29, 1.82) is 0 Å². The number of nitrogens with one attached hydrogen (secondary N) is 1. The quantitative estimate of drug-likeness (QED) is 0.789. The van der Waals surface area contributed by atoms with Crippen LogP contribution in [0.1, 0.15) is 13.8 Å². The first kappa shape index (κ1) is 14.2. The lowest BCUT2D eigenvalue weighted by atomic mass is 9.94. The van der Waals surface area contributed by atoms with E-state index < -0.39 is 8.24 Å². The first-order valence-corrected chi connectivity index (χ1v) is 10.9. The minimum atomic E-state index is -1.46. The molecule has 0 aromatic heterocycles. The number of allylic oxidation sites excluding steroid dienone is 2. The van der Waals surface area contributed by atoms with Gasteiger partial charge in [0, 0.05) is 55.0 Å². The molecule has 0 radical (unpaired) electrons. The molecule has 3 rings (SSSR count). The summed E-state index contributed by atoms with van der Waals surface area (Å²) in [5.41, 5.74) is 3.69. The van der Waals surface area contributed by atoms with Gasteiger partial charge in [0.15, 0.2) is 0 Å². The average molecular weight is 292 g/mol. The highest BCUT2D eigenvalue weighted by Crippen LogP contribution is 2.56. The highest BCUT2D eigenvalue weighted by atomic mass is 28.3. The van der Waals surface area contributed by atoms with E-state index in [2.05, 4.69) is 75.0 Å².